The molecule has 0 bridgehead atoms. The van der Waals surface area contributed by atoms with Gasteiger partial charge < -0.3 is 10.3 Å². The Hall–Kier alpha value is -3.74. The predicted octanol–water partition coefficient (Wildman–Crippen LogP) is 5.83. The number of fused-ring (bicyclic) bond motifs is 4. The maximum atomic E-state index is 12.1. The molecule has 0 saturated heterocycles. The predicted molar refractivity (Wildman–Crippen MR) is 150 cm³/mol. The summed E-state index contributed by atoms with van der Waals surface area (Å²) in [5.41, 5.74) is 7.30. The van der Waals surface area contributed by atoms with Crippen LogP contribution < -0.4 is 10.8 Å². The van der Waals surface area contributed by atoms with Crippen LogP contribution in [-0.4, -0.2) is 25.7 Å². The summed E-state index contributed by atoms with van der Waals surface area (Å²) in [5, 5.41) is 16.2. The van der Waals surface area contributed by atoms with Crippen LogP contribution in [0.1, 0.15) is 74.7 Å². The van der Waals surface area contributed by atoms with Gasteiger partial charge in [-0.15, -0.1) is 0 Å². The molecule has 0 unspecified atom stereocenters. The molecule has 7 heteroatoms. The van der Waals surface area contributed by atoms with Crippen molar-refractivity contribution >= 4 is 16.9 Å². The number of para-hydroxylation sites is 2. The first-order valence-electron chi connectivity index (χ1n) is 14.1. The van der Waals surface area contributed by atoms with Crippen LogP contribution in [0.4, 0.5) is 0 Å². The van der Waals surface area contributed by atoms with Gasteiger partial charge in [-0.2, -0.15) is 5.10 Å². The van der Waals surface area contributed by atoms with E-state index in [2.05, 4.69) is 39.6 Å². The average Bonchev–Trinajstić information content (AvgIpc) is 3.36. The summed E-state index contributed by atoms with van der Waals surface area (Å²) in [4.78, 5) is 19.9. The van der Waals surface area contributed by atoms with E-state index in [1.807, 2.05) is 35.0 Å². The molecule has 0 saturated carbocycles. The van der Waals surface area contributed by atoms with Gasteiger partial charge in [0.1, 0.15) is 11.3 Å². The summed E-state index contributed by atoms with van der Waals surface area (Å²) in [7, 11) is 0. The second-order valence-corrected chi connectivity index (χ2v) is 10.3. The number of benzene rings is 2. The van der Waals surface area contributed by atoms with Crippen molar-refractivity contribution in [3.05, 3.63) is 77.0 Å². The highest BCUT2D eigenvalue weighted by Crippen LogP contribution is 2.30. The first-order chi connectivity index (χ1) is 18.7. The number of imidazole rings is 1. The van der Waals surface area contributed by atoms with Gasteiger partial charge in [-0.05, 0) is 55.0 Å². The number of rotatable bonds is 13. The topological polar surface area (TPSA) is 99.4 Å². The highest BCUT2D eigenvalue weighted by atomic mass is 16.1. The van der Waals surface area contributed by atoms with E-state index in [0.29, 0.717) is 18.5 Å². The van der Waals surface area contributed by atoms with E-state index < -0.39 is 0 Å². The lowest BCUT2D eigenvalue weighted by Gasteiger charge is -2.20. The van der Waals surface area contributed by atoms with Crippen molar-refractivity contribution in [2.45, 2.75) is 83.7 Å². The lowest BCUT2D eigenvalue weighted by molar-refractivity contribution is -0.121. The van der Waals surface area contributed by atoms with Gasteiger partial charge in [0, 0.05) is 18.5 Å². The number of carbonyl (C=O) groups is 1. The van der Waals surface area contributed by atoms with Crippen molar-refractivity contribution in [1.29, 1.82) is 5.41 Å². The Morgan fingerprint density at radius 3 is 2.45 bits per heavy atom. The van der Waals surface area contributed by atoms with Crippen LogP contribution in [-0.2, 0) is 30.7 Å². The third kappa shape index (κ3) is 6.57. The SMILES string of the molecule is N=c1cc2c(nn1CCCCCCCCCCC(=O)NCc1nc3ccccc3[nH]1)-c1ccccc1CC2. The maximum Gasteiger partial charge on any atom is 0.220 e. The van der Waals surface area contributed by atoms with Gasteiger partial charge >= 0.3 is 0 Å². The highest BCUT2D eigenvalue weighted by Gasteiger charge is 2.18. The molecule has 0 radical (unpaired) electrons. The molecule has 198 valence electrons. The van der Waals surface area contributed by atoms with Crippen LogP contribution in [0.25, 0.3) is 22.3 Å². The normalized spacial score (nSPS) is 12.3. The van der Waals surface area contributed by atoms with Gasteiger partial charge in [0.2, 0.25) is 5.91 Å². The monoisotopic (exact) mass is 510 g/mol. The minimum absolute atomic E-state index is 0.0935. The average molecular weight is 511 g/mol. The lowest BCUT2D eigenvalue weighted by Crippen LogP contribution is -2.25. The smallest absolute Gasteiger partial charge is 0.220 e. The van der Waals surface area contributed by atoms with Gasteiger partial charge in [0.15, 0.2) is 0 Å². The summed E-state index contributed by atoms with van der Waals surface area (Å²) in [5.74, 6) is 0.889. The summed E-state index contributed by atoms with van der Waals surface area (Å²) >= 11 is 0. The Labute approximate surface area is 224 Å². The molecule has 3 N–H and O–H groups in total. The molecular weight excluding hydrogens is 472 g/mol. The standard InChI is InChI=1S/C31H38N6O/c32-28-21-24-19-18-23-13-8-9-14-25(23)31(24)36-37(28)20-12-6-4-2-1-3-5-7-17-30(38)33-22-29-34-26-15-10-11-16-27(26)35-29/h8-11,13-16,21,32H,1-7,12,17-20,22H2,(H,33,38)(H,34,35). The van der Waals surface area contributed by atoms with Crippen molar-refractivity contribution in [2.24, 2.45) is 0 Å². The number of aromatic nitrogens is 4. The molecule has 1 aliphatic carbocycles. The minimum Gasteiger partial charge on any atom is -0.349 e. The molecule has 0 atom stereocenters. The van der Waals surface area contributed by atoms with E-state index in [4.69, 9.17) is 10.5 Å². The maximum absolute atomic E-state index is 12.1. The summed E-state index contributed by atoms with van der Waals surface area (Å²) in [6, 6.07) is 18.4. The number of hydrogen-bond acceptors (Lipinski definition) is 4. The zero-order valence-electron chi connectivity index (χ0n) is 22.1. The molecule has 0 spiro atoms. The van der Waals surface area contributed by atoms with E-state index in [1.54, 1.807) is 0 Å². The van der Waals surface area contributed by atoms with Gasteiger partial charge in [0.25, 0.3) is 0 Å². The van der Waals surface area contributed by atoms with Crippen LogP contribution in [0.3, 0.4) is 0 Å². The first-order valence-corrected chi connectivity index (χ1v) is 14.1. The van der Waals surface area contributed by atoms with Crippen LogP contribution in [0.5, 0.6) is 0 Å². The highest BCUT2D eigenvalue weighted by molar-refractivity contribution is 5.77. The van der Waals surface area contributed by atoms with E-state index in [0.717, 1.165) is 67.6 Å². The second-order valence-electron chi connectivity index (χ2n) is 10.3. The first kappa shape index (κ1) is 25.9. The molecule has 2 aromatic heterocycles. The number of amides is 1. The molecule has 0 aliphatic heterocycles. The lowest BCUT2D eigenvalue weighted by atomic mass is 9.89. The molecule has 1 aliphatic rings. The Bertz CT molecular complexity index is 1400. The number of aryl methyl sites for hydroxylation is 3. The van der Waals surface area contributed by atoms with Gasteiger partial charge in [0.05, 0.1) is 23.3 Å². The zero-order valence-corrected chi connectivity index (χ0v) is 22.1. The summed E-state index contributed by atoms with van der Waals surface area (Å²) in [6.45, 7) is 1.25. The van der Waals surface area contributed by atoms with Crippen molar-refractivity contribution in [1.82, 2.24) is 25.1 Å². The molecule has 5 rings (SSSR count). The quantitative estimate of drug-likeness (QED) is 0.197. The number of aromatic amines is 1. The van der Waals surface area contributed by atoms with Gasteiger partial charge in [-0.1, -0.05) is 74.9 Å². The largest absolute Gasteiger partial charge is 0.349 e. The van der Waals surface area contributed by atoms with E-state index in [1.165, 1.54) is 42.4 Å². The molecule has 2 aromatic carbocycles. The molecule has 1 amide bonds. The van der Waals surface area contributed by atoms with Crippen LogP contribution in [0.15, 0.2) is 54.6 Å². The molecule has 38 heavy (non-hydrogen) atoms. The molecule has 4 aromatic rings. The van der Waals surface area contributed by atoms with Crippen molar-refractivity contribution in [3.8, 4) is 11.3 Å². The minimum atomic E-state index is 0.0935. The third-order valence-electron chi connectivity index (χ3n) is 7.47. The van der Waals surface area contributed by atoms with Crippen LogP contribution in [0, 0.1) is 5.41 Å². The third-order valence-corrected chi connectivity index (χ3v) is 7.47. The molecule has 7 nitrogen and oxygen atoms in total. The van der Waals surface area contributed by atoms with Crippen molar-refractivity contribution < 1.29 is 4.79 Å². The van der Waals surface area contributed by atoms with Crippen molar-refractivity contribution in [3.63, 3.8) is 0 Å². The van der Waals surface area contributed by atoms with E-state index in [9.17, 15) is 4.79 Å². The van der Waals surface area contributed by atoms with Crippen LogP contribution >= 0.6 is 0 Å². The Morgan fingerprint density at radius 1 is 0.895 bits per heavy atom. The fourth-order valence-corrected chi connectivity index (χ4v) is 5.34. The Balaban J connectivity index is 0.924. The fourth-order valence-electron chi connectivity index (χ4n) is 5.34. The number of nitrogens with zero attached hydrogens (tertiary/aromatic N) is 3. The van der Waals surface area contributed by atoms with E-state index in [-0.39, 0.29) is 5.91 Å². The number of H-pyrrole nitrogens is 1. The zero-order chi connectivity index (χ0) is 26.2. The van der Waals surface area contributed by atoms with E-state index >= 15 is 0 Å². The van der Waals surface area contributed by atoms with Crippen molar-refractivity contribution in [2.75, 3.05) is 0 Å². The number of unbranched alkanes of at least 4 members (excludes halogenated alkanes) is 7. The number of carbonyl (C=O) groups excluding carboxylic acids is 1. The van der Waals surface area contributed by atoms with Crippen LogP contribution in [0.2, 0.25) is 0 Å². The molecular formula is C31H38N6O. The Morgan fingerprint density at radius 2 is 1.61 bits per heavy atom. The fraction of sp³-hybridized carbons (Fsp3) is 0.419. The summed E-state index contributed by atoms with van der Waals surface area (Å²) in [6.07, 6.45) is 11.6. The summed E-state index contributed by atoms with van der Waals surface area (Å²) < 4.78 is 1.88. The number of nitrogens with one attached hydrogen (secondary N) is 3. The molecule has 0 fully saturated rings. The second kappa shape index (κ2) is 12.7. The Kier molecular flexibility index (Phi) is 8.64. The van der Waals surface area contributed by atoms with Gasteiger partial charge in [-0.3, -0.25) is 10.2 Å². The number of hydrogen-bond donors (Lipinski definition) is 3. The molecule has 2 heterocycles. The van der Waals surface area contributed by atoms with Gasteiger partial charge in [-0.25, -0.2) is 9.67 Å².